The average molecular weight is 485 g/mol. The summed E-state index contributed by atoms with van der Waals surface area (Å²) < 4.78 is 80.4. The fourth-order valence-corrected chi connectivity index (χ4v) is 3.43. The number of benzene rings is 1. The monoisotopic (exact) mass is 484 g/mol. The fraction of sp³-hybridized carbons (Fsp3) is 0.235. The second-order valence-corrected chi connectivity index (χ2v) is 7.79. The van der Waals surface area contributed by atoms with Gasteiger partial charge in [0.2, 0.25) is 5.91 Å². The first-order valence-corrected chi connectivity index (χ1v) is 9.54. The Morgan fingerprint density at radius 3 is 2.39 bits per heavy atom. The molecule has 0 spiro atoms. The largest absolute Gasteiger partial charge is 0.573 e. The fourth-order valence-electron chi connectivity index (χ4n) is 2.36. The summed E-state index contributed by atoms with van der Waals surface area (Å²) >= 11 is 6.67. The molecular formula is C17H11ClF6N4O2S. The molecule has 2 aromatic heterocycles. The minimum Gasteiger partial charge on any atom is -0.406 e. The van der Waals surface area contributed by atoms with E-state index in [9.17, 15) is 31.1 Å². The van der Waals surface area contributed by atoms with E-state index in [4.69, 9.17) is 11.6 Å². The highest BCUT2D eigenvalue weighted by molar-refractivity contribution is 8.00. The van der Waals surface area contributed by atoms with E-state index in [2.05, 4.69) is 20.3 Å². The minimum absolute atomic E-state index is 0.000393. The lowest BCUT2D eigenvalue weighted by molar-refractivity contribution is -0.274. The number of hydrogen-bond acceptors (Lipinski definition) is 5. The Balaban J connectivity index is 1.72. The molecule has 0 saturated carbocycles. The maximum atomic E-state index is 13.0. The quantitative estimate of drug-likeness (QED) is 0.387. The molecule has 31 heavy (non-hydrogen) atoms. The Morgan fingerprint density at radius 2 is 1.81 bits per heavy atom. The predicted octanol–water partition coefficient (Wildman–Crippen LogP) is 5.42. The zero-order chi connectivity index (χ0) is 23.0. The number of carbonyl (C=O) groups excluding carboxylic acids is 1. The standard InChI is InChI=1S/C17H11ClF6N4O2S/c1-8(14(29)25-10-2-4-11(5-3-10)30-17(22,23)24)31-15-27-26-13-12(18)6-9(7-28(13)15)16(19,20)21/h2-8H,1H3,(H,25,29). The summed E-state index contributed by atoms with van der Waals surface area (Å²) in [6, 6.07) is 5.18. The molecular weight excluding hydrogens is 474 g/mol. The van der Waals surface area contributed by atoms with Gasteiger partial charge in [-0.15, -0.1) is 23.4 Å². The van der Waals surface area contributed by atoms with Crippen molar-refractivity contribution in [2.75, 3.05) is 5.32 Å². The van der Waals surface area contributed by atoms with Gasteiger partial charge in [0.15, 0.2) is 10.8 Å². The van der Waals surface area contributed by atoms with Gasteiger partial charge in [0.25, 0.3) is 0 Å². The first-order chi connectivity index (χ1) is 14.3. The van der Waals surface area contributed by atoms with Gasteiger partial charge in [-0.25, -0.2) is 0 Å². The summed E-state index contributed by atoms with van der Waals surface area (Å²) in [4.78, 5) is 12.4. The molecule has 0 aliphatic heterocycles. The van der Waals surface area contributed by atoms with Crippen molar-refractivity contribution in [1.29, 1.82) is 0 Å². The molecule has 0 radical (unpaired) electrons. The molecule has 14 heteroatoms. The van der Waals surface area contributed by atoms with Crippen molar-refractivity contribution in [3.63, 3.8) is 0 Å². The molecule has 6 nitrogen and oxygen atoms in total. The number of aromatic nitrogens is 3. The molecule has 1 atom stereocenters. The number of hydrogen-bond donors (Lipinski definition) is 1. The zero-order valence-corrected chi connectivity index (χ0v) is 16.8. The van der Waals surface area contributed by atoms with Crippen molar-refractivity contribution in [3.05, 3.63) is 47.1 Å². The van der Waals surface area contributed by atoms with Crippen LogP contribution in [0.15, 0.2) is 41.7 Å². The van der Waals surface area contributed by atoms with Crippen LogP contribution >= 0.6 is 23.4 Å². The maximum absolute atomic E-state index is 13.0. The van der Waals surface area contributed by atoms with Gasteiger partial charge in [-0.3, -0.25) is 9.20 Å². The number of nitrogens with one attached hydrogen (secondary N) is 1. The zero-order valence-electron chi connectivity index (χ0n) is 15.3. The third-order valence-electron chi connectivity index (χ3n) is 3.76. The van der Waals surface area contributed by atoms with Gasteiger partial charge in [0, 0.05) is 11.9 Å². The summed E-state index contributed by atoms with van der Waals surface area (Å²) in [5.74, 6) is -1.02. The van der Waals surface area contributed by atoms with Crippen LogP contribution < -0.4 is 10.1 Å². The van der Waals surface area contributed by atoms with Gasteiger partial charge in [-0.05, 0) is 37.3 Å². The van der Waals surface area contributed by atoms with Gasteiger partial charge >= 0.3 is 12.5 Å². The van der Waals surface area contributed by atoms with Gasteiger partial charge in [0.05, 0.1) is 15.8 Å². The van der Waals surface area contributed by atoms with Crippen molar-refractivity contribution in [1.82, 2.24) is 14.6 Å². The third-order valence-corrected chi connectivity index (χ3v) is 5.10. The molecule has 3 rings (SSSR count). The Morgan fingerprint density at radius 1 is 1.16 bits per heavy atom. The number of amides is 1. The number of carbonyl (C=O) groups is 1. The van der Waals surface area contributed by atoms with E-state index in [-0.39, 0.29) is 21.5 Å². The summed E-state index contributed by atoms with van der Waals surface area (Å²) in [7, 11) is 0. The summed E-state index contributed by atoms with van der Waals surface area (Å²) in [5.41, 5.74) is -0.824. The molecule has 3 aromatic rings. The van der Waals surface area contributed by atoms with E-state index >= 15 is 0 Å². The lowest BCUT2D eigenvalue weighted by atomic mass is 10.3. The van der Waals surface area contributed by atoms with Crippen LogP contribution in [0.5, 0.6) is 5.75 Å². The highest BCUT2D eigenvalue weighted by Crippen LogP contribution is 2.34. The average Bonchev–Trinajstić information content (AvgIpc) is 3.05. The smallest absolute Gasteiger partial charge is 0.406 e. The molecule has 0 bridgehead atoms. The van der Waals surface area contributed by atoms with E-state index in [1.165, 1.54) is 19.1 Å². The van der Waals surface area contributed by atoms with E-state index in [1.54, 1.807) is 0 Å². The number of nitrogens with zero attached hydrogens (tertiary/aromatic N) is 3. The second kappa shape index (κ2) is 8.46. The molecule has 1 unspecified atom stereocenters. The number of halogens is 7. The lowest BCUT2D eigenvalue weighted by Crippen LogP contribution is -2.22. The molecule has 1 amide bonds. The highest BCUT2D eigenvalue weighted by atomic mass is 35.5. The SMILES string of the molecule is CC(Sc1nnc2c(Cl)cc(C(F)(F)F)cn12)C(=O)Nc1ccc(OC(F)(F)F)cc1. The van der Waals surface area contributed by atoms with Crippen LogP contribution in [-0.2, 0) is 11.0 Å². The predicted molar refractivity (Wildman–Crippen MR) is 100 cm³/mol. The first-order valence-electron chi connectivity index (χ1n) is 8.28. The van der Waals surface area contributed by atoms with Gasteiger partial charge in [0.1, 0.15) is 5.75 Å². The molecule has 0 aliphatic rings. The second-order valence-electron chi connectivity index (χ2n) is 6.07. The molecule has 0 saturated heterocycles. The van der Waals surface area contributed by atoms with Crippen LogP contribution in [0.3, 0.4) is 0 Å². The normalized spacial score (nSPS) is 13.3. The van der Waals surface area contributed by atoms with Crippen molar-refractivity contribution >= 4 is 40.6 Å². The van der Waals surface area contributed by atoms with Crippen molar-refractivity contribution in [2.45, 2.75) is 29.9 Å². The van der Waals surface area contributed by atoms with Crippen LogP contribution in [0, 0.1) is 0 Å². The van der Waals surface area contributed by atoms with E-state index in [1.807, 2.05) is 0 Å². The lowest BCUT2D eigenvalue weighted by Gasteiger charge is -2.13. The van der Waals surface area contributed by atoms with Crippen LogP contribution in [0.2, 0.25) is 5.02 Å². The molecule has 1 N–H and O–H groups in total. The highest BCUT2D eigenvalue weighted by Gasteiger charge is 2.33. The maximum Gasteiger partial charge on any atom is 0.573 e. The molecule has 0 aliphatic carbocycles. The topological polar surface area (TPSA) is 68.5 Å². The molecule has 1 aromatic carbocycles. The number of thioether (sulfide) groups is 1. The van der Waals surface area contributed by atoms with Gasteiger partial charge in [-0.1, -0.05) is 23.4 Å². The van der Waals surface area contributed by atoms with Crippen molar-refractivity contribution < 1.29 is 35.9 Å². The van der Waals surface area contributed by atoms with Gasteiger partial charge < -0.3 is 10.1 Å². The Hall–Kier alpha value is -2.67. The number of alkyl halides is 6. The molecule has 0 fully saturated rings. The van der Waals surface area contributed by atoms with E-state index in [0.29, 0.717) is 0 Å². The van der Waals surface area contributed by atoms with E-state index in [0.717, 1.165) is 40.6 Å². The van der Waals surface area contributed by atoms with E-state index < -0.39 is 35.0 Å². The molecule has 166 valence electrons. The van der Waals surface area contributed by atoms with Crippen LogP contribution in [0.1, 0.15) is 12.5 Å². The molecule has 2 heterocycles. The van der Waals surface area contributed by atoms with Crippen LogP contribution in [0.25, 0.3) is 5.65 Å². The third kappa shape index (κ3) is 5.73. The van der Waals surface area contributed by atoms with Gasteiger partial charge in [-0.2, -0.15) is 13.2 Å². The number of fused-ring (bicyclic) bond motifs is 1. The Bertz CT molecular complexity index is 1100. The Kier molecular flexibility index (Phi) is 6.28. The van der Waals surface area contributed by atoms with Crippen LogP contribution in [0.4, 0.5) is 32.0 Å². The number of ether oxygens (including phenoxy) is 1. The Labute approximate surface area is 179 Å². The summed E-state index contributed by atoms with van der Waals surface area (Å²) in [6.45, 7) is 1.47. The minimum atomic E-state index is -4.84. The number of rotatable bonds is 5. The summed E-state index contributed by atoms with van der Waals surface area (Å²) in [6.07, 6.45) is -8.71. The number of pyridine rings is 1. The van der Waals surface area contributed by atoms with Crippen LogP contribution in [-0.4, -0.2) is 32.1 Å². The summed E-state index contributed by atoms with van der Waals surface area (Å²) in [5, 5.41) is 8.89. The number of anilines is 1. The first kappa shape index (κ1) is 23.0. The van der Waals surface area contributed by atoms with Crippen molar-refractivity contribution in [2.24, 2.45) is 0 Å². The van der Waals surface area contributed by atoms with Crippen molar-refractivity contribution in [3.8, 4) is 5.75 Å².